The number of aromatic amines is 1. The minimum Gasteiger partial charge on any atom is -0.493 e. The first-order valence-corrected chi connectivity index (χ1v) is 9.62. The quantitative estimate of drug-likeness (QED) is 0.578. The summed E-state index contributed by atoms with van der Waals surface area (Å²) in [5.41, 5.74) is 0.591. The lowest BCUT2D eigenvalue weighted by molar-refractivity contribution is 0.0697. The van der Waals surface area contributed by atoms with Gasteiger partial charge in [0.15, 0.2) is 17.3 Å². The van der Waals surface area contributed by atoms with Crippen LogP contribution in [-0.4, -0.2) is 34.8 Å². The van der Waals surface area contributed by atoms with Gasteiger partial charge in [0.05, 0.1) is 35.2 Å². The SMILES string of the molecule is COc1cc(/C=C(\Cl)c2nc3cc(C(=O)O)ccc3c(=O)[nH]2)ccc1OCC(C)C. The lowest BCUT2D eigenvalue weighted by Crippen LogP contribution is -2.11. The average molecular weight is 429 g/mol. The molecule has 0 bridgehead atoms. The predicted octanol–water partition coefficient (Wildman–Crippen LogP) is 4.40. The molecule has 0 amide bonds. The van der Waals surface area contributed by atoms with E-state index in [1.165, 1.54) is 18.2 Å². The van der Waals surface area contributed by atoms with E-state index in [0.29, 0.717) is 24.0 Å². The van der Waals surface area contributed by atoms with Crippen molar-refractivity contribution in [3.8, 4) is 11.5 Å². The van der Waals surface area contributed by atoms with Crippen LogP contribution in [0.2, 0.25) is 0 Å². The molecule has 0 aliphatic heterocycles. The van der Waals surface area contributed by atoms with Crippen LogP contribution in [0.15, 0.2) is 41.2 Å². The first-order valence-electron chi connectivity index (χ1n) is 9.24. The molecular weight excluding hydrogens is 408 g/mol. The number of fused-ring (bicyclic) bond motifs is 1. The molecule has 0 saturated carbocycles. The Hall–Kier alpha value is -3.32. The predicted molar refractivity (Wildman–Crippen MR) is 116 cm³/mol. The highest BCUT2D eigenvalue weighted by Gasteiger charge is 2.11. The molecule has 0 aliphatic carbocycles. The number of carbonyl (C=O) groups is 1. The third-order valence-corrected chi connectivity index (χ3v) is 4.52. The summed E-state index contributed by atoms with van der Waals surface area (Å²) in [4.78, 5) is 30.5. The van der Waals surface area contributed by atoms with E-state index in [4.69, 9.17) is 26.2 Å². The van der Waals surface area contributed by atoms with Crippen molar-refractivity contribution < 1.29 is 19.4 Å². The van der Waals surface area contributed by atoms with E-state index in [1.54, 1.807) is 25.3 Å². The molecule has 1 aromatic heterocycles. The summed E-state index contributed by atoms with van der Waals surface area (Å²) in [6, 6.07) is 9.47. The van der Waals surface area contributed by atoms with E-state index in [0.717, 1.165) is 5.56 Å². The van der Waals surface area contributed by atoms with E-state index in [2.05, 4.69) is 23.8 Å². The molecule has 0 saturated heterocycles. The fourth-order valence-electron chi connectivity index (χ4n) is 2.75. The summed E-state index contributed by atoms with van der Waals surface area (Å²) in [6.45, 7) is 4.67. The standard InChI is InChI=1S/C22H21ClN2O5/c1-12(2)11-30-18-7-4-13(9-19(18)29-3)8-16(23)20-24-17-10-14(22(27)28)5-6-15(17)21(26)25-20/h4-10,12H,11H2,1-3H3,(H,27,28)(H,24,25,26)/b16-8-. The normalized spacial score (nSPS) is 11.7. The van der Waals surface area contributed by atoms with Crippen LogP contribution in [0, 0.1) is 5.92 Å². The van der Waals surface area contributed by atoms with Crippen molar-refractivity contribution in [2.75, 3.05) is 13.7 Å². The Balaban J connectivity index is 1.97. The lowest BCUT2D eigenvalue weighted by Gasteiger charge is -2.13. The molecule has 0 fully saturated rings. The largest absolute Gasteiger partial charge is 0.493 e. The molecule has 0 spiro atoms. The first kappa shape index (κ1) is 21.4. The second-order valence-corrected chi connectivity index (χ2v) is 7.47. The second-order valence-electron chi connectivity index (χ2n) is 7.06. The number of carboxylic acids is 1. The van der Waals surface area contributed by atoms with Crippen molar-refractivity contribution in [1.29, 1.82) is 0 Å². The summed E-state index contributed by atoms with van der Waals surface area (Å²) in [7, 11) is 1.55. The zero-order valence-corrected chi connectivity index (χ0v) is 17.5. The number of hydrogen-bond acceptors (Lipinski definition) is 5. The molecule has 0 aliphatic rings. The van der Waals surface area contributed by atoms with Gasteiger partial charge in [-0.15, -0.1) is 0 Å². The van der Waals surface area contributed by atoms with Gasteiger partial charge in [-0.1, -0.05) is 31.5 Å². The maximum Gasteiger partial charge on any atom is 0.335 e. The van der Waals surface area contributed by atoms with Crippen LogP contribution in [0.4, 0.5) is 0 Å². The molecular formula is C22H21ClN2O5. The number of rotatable bonds is 7. The minimum absolute atomic E-state index is 0.0355. The summed E-state index contributed by atoms with van der Waals surface area (Å²) in [6.07, 6.45) is 1.63. The summed E-state index contributed by atoms with van der Waals surface area (Å²) < 4.78 is 11.1. The third kappa shape index (κ3) is 4.80. The van der Waals surface area contributed by atoms with Crippen LogP contribution in [0.1, 0.15) is 35.6 Å². The smallest absolute Gasteiger partial charge is 0.335 e. The first-order chi connectivity index (χ1) is 14.3. The Labute approximate surface area is 177 Å². The van der Waals surface area contributed by atoms with Crippen molar-refractivity contribution >= 4 is 39.6 Å². The van der Waals surface area contributed by atoms with E-state index >= 15 is 0 Å². The van der Waals surface area contributed by atoms with Crippen molar-refractivity contribution in [3.05, 3.63) is 63.7 Å². The summed E-state index contributed by atoms with van der Waals surface area (Å²) >= 11 is 6.39. The van der Waals surface area contributed by atoms with Crippen LogP contribution in [-0.2, 0) is 0 Å². The number of ether oxygens (including phenoxy) is 2. The van der Waals surface area contributed by atoms with Crippen LogP contribution < -0.4 is 15.0 Å². The Morgan fingerprint density at radius 3 is 2.67 bits per heavy atom. The summed E-state index contributed by atoms with van der Waals surface area (Å²) in [5, 5.41) is 9.62. The number of carboxylic acid groups (broad SMARTS) is 1. The van der Waals surface area contributed by atoms with Crippen LogP contribution in [0.3, 0.4) is 0 Å². The minimum atomic E-state index is -1.10. The fraction of sp³-hybridized carbons (Fsp3) is 0.227. The molecule has 8 heteroatoms. The Morgan fingerprint density at radius 2 is 2.00 bits per heavy atom. The van der Waals surface area contributed by atoms with E-state index < -0.39 is 11.5 Å². The Morgan fingerprint density at radius 1 is 1.23 bits per heavy atom. The zero-order chi connectivity index (χ0) is 21.8. The fourth-order valence-corrected chi connectivity index (χ4v) is 2.97. The number of hydrogen-bond donors (Lipinski definition) is 2. The maximum absolute atomic E-state index is 12.3. The maximum atomic E-state index is 12.3. The topological polar surface area (TPSA) is 102 Å². The van der Waals surface area contributed by atoms with Gasteiger partial charge in [-0.05, 0) is 47.9 Å². The number of nitrogens with one attached hydrogen (secondary N) is 1. The van der Waals surface area contributed by atoms with Crippen molar-refractivity contribution in [1.82, 2.24) is 9.97 Å². The average Bonchev–Trinajstić information content (AvgIpc) is 2.71. The number of nitrogens with zero attached hydrogens (tertiary/aromatic N) is 1. The zero-order valence-electron chi connectivity index (χ0n) is 16.7. The molecule has 1 heterocycles. The lowest BCUT2D eigenvalue weighted by atomic mass is 10.1. The van der Waals surface area contributed by atoms with Gasteiger partial charge in [0.2, 0.25) is 0 Å². The number of aromatic carboxylic acids is 1. The number of aromatic nitrogens is 2. The highest BCUT2D eigenvalue weighted by Crippen LogP contribution is 2.30. The Kier molecular flexibility index (Phi) is 6.42. The van der Waals surface area contributed by atoms with E-state index in [9.17, 15) is 9.59 Å². The second kappa shape index (κ2) is 9.00. The van der Waals surface area contributed by atoms with Crippen LogP contribution >= 0.6 is 11.6 Å². The summed E-state index contributed by atoms with van der Waals surface area (Å²) in [5.74, 6) is 0.587. The molecule has 30 heavy (non-hydrogen) atoms. The van der Waals surface area contributed by atoms with Crippen LogP contribution in [0.25, 0.3) is 22.0 Å². The van der Waals surface area contributed by atoms with Crippen LogP contribution in [0.5, 0.6) is 11.5 Å². The number of methoxy groups -OCH3 is 1. The molecule has 3 rings (SSSR count). The molecule has 0 unspecified atom stereocenters. The monoisotopic (exact) mass is 428 g/mol. The van der Waals surface area contributed by atoms with Gasteiger partial charge in [0.1, 0.15) is 0 Å². The molecule has 3 aromatic rings. The number of halogens is 1. The van der Waals surface area contributed by atoms with Gasteiger partial charge in [-0.2, -0.15) is 0 Å². The van der Waals surface area contributed by atoms with Gasteiger partial charge in [-0.25, -0.2) is 9.78 Å². The van der Waals surface area contributed by atoms with Crippen molar-refractivity contribution in [2.24, 2.45) is 5.92 Å². The molecule has 0 radical (unpaired) electrons. The molecule has 2 aromatic carbocycles. The third-order valence-electron chi connectivity index (χ3n) is 4.23. The van der Waals surface area contributed by atoms with Gasteiger partial charge in [0, 0.05) is 0 Å². The Bertz CT molecular complexity index is 1180. The highest BCUT2D eigenvalue weighted by atomic mass is 35.5. The molecule has 7 nitrogen and oxygen atoms in total. The number of benzene rings is 2. The number of H-pyrrole nitrogens is 1. The molecule has 0 atom stereocenters. The van der Waals surface area contributed by atoms with Gasteiger partial charge < -0.3 is 19.6 Å². The van der Waals surface area contributed by atoms with Gasteiger partial charge >= 0.3 is 5.97 Å². The van der Waals surface area contributed by atoms with E-state index in [1.807, 2.05) is 6.07 Å². The van der Waals surface area contributed by atoms with Gasteiger partial charge in [-0.3, -0.25) is 4.79 Å². The van der Waals surface area contributed by atoms with Gasteiger partial charge in [0.25, 0.3) is 5.56 Å². The van der Waals surface area contributed by atoms with Crippen molar-refractivity contribution in [3.63, 3.8) is 0 Å². The molecule has 156 valence electrons. The van der Waals surface area contributed by atoms with Crippen molar-refractivity contribution in [2.45, 2.75) is 13.8 Å². The van der Waals surface area contributed by atoms with E-state index in [-0.39, 0.29) is 27.3 Å². The molecule has 2 N–H and O–H groups in total. The highest BCUT2D eigenvalue weighted by molar-refractivity contribution is 6.50.